The van der Waals surface area contributed by atoms with Gasteiger partial charge in [-0.15, -0.1) is 0 Å². The average molecular weight is 220 g/mol. The summed E-state index contributed by atoms with van der Waals surface area (Å²) in [4.78, 5) is 8.23. The third-order valence-electron chi connectivity index (χ3n) is 1.90. The van der Waals surface area contributed by atoms with Gasteiger partial charge in [-0.25, -0.2) is 4.98 Å². The van der Waals surface area contributed by atoms with Crippen LogP contribution in [0.1, 0.15) is 0 Å². The lowest BCUT2D eigenvalue weighted by molar-refractivity contribution is 0.862. The fourth-order valence-electron chi connectivity index (χ4n) is 1.19. The third kappa shape index (κ3) is 2.92. The van der Waals surface area contributed by atoms with E-state index < -0.39 is 0 Å². The molecule has 0 saturated heterocycles. The quantitative estimate of drug-likeness (QED) is 0.730. The zero-order valence-corrected chi connectivity index (χ0v) is 8.80. The van der Waals surface area contributed by atoms with Gasteiger partial charge >= 0.3 is 0 Å². The molecule has 0 aliphatic rings. The van der Waals surface area contributed by atoms with Gasteiger partial charge in [0.05, 0.1) is 18.6 Å². The topological polar surface area (TPSA) is 30.2 Å². The first-order chi connectivity index (χ1) is 7.34. The second-order valence-corrected chi connectivity index (χ2v) is 3.49. The van der Waals surface area contributed by atoms with Gasteiger partial charge in [0.15, 0.2) is 0 Å². The Hall–Kier alpha value is -1.61. The minimum atomic E-state index is 0.701. The smallest absolute Gasteiger partial charge is 0.0949 e. The van der Waals surface area contributed by atoms with Crippen LogP contribution in [-0.2, 0) is 6.54 Å². The summed E-state index contributed by atoms with van der Waals surface area (Å²) in [6, 6.07) is 7.45. The van der Waals surface area contributed by atoms with Crippen molar-refractivity contribution in [3.63, 3.8) is 0 Å². The molecule has 3 nitrogen and oxygen atoms in total. The zero-order chi connectivity index (χ0) is 10.5. The standard InChI is InChI=1S/C11H10ClN3/c12-10-2-1-3-11(8-10)14-5-7-15-6-4-13-9-15/h1-6,8-9H,7H2. The second-order valence-electron chi connectivity index (χ2n) is 3.05. The number of aliphatic imine (C=N–C) groups is 1. The van der Waals surface area contributed by atoms with E-state index in [0.717, 1.165) is 5.69 Å². The van der Waals surface area contributed by atoms with Gasteiger partial charge in [0.2, 0.25) is 0 Å². The molecular weight excluding hydrogens is 210 g/mol. The van der Waals surface area contributed by atoms with Crippen molar-refractivity contribution in [3.05, 3.63) is 48.0 Å². The summed E-state index contributed by atoms with van der Waals surface area (Å²) in [6.07, 6.45) is 7.22. The molecule has 0 saturated carbocycles. The minimum absolute atomic E-state index is 0.701. The molecule has 0 amide bonds. The third-order valence-corrected chi connectivity index (χ3v) is 2.14. The van der Waals surface area contributed by atoms with Gasteiger partial charge in [-0.05, 0) is 18.2 Å². The summed E-state index contributed by atoms with van der Waals surface area (Å²) in [7, 11) is 0. The van der Waals surface area contributed by atoms with Crippen LogP contribution in [-0.4, -0.2) is 15.8 Å². The van der Waals surface area contributed by atoms with Crippen molar-refractivity contribution >= 4 is 23.5 Å². The number of rotatable bonds is 3. The van der Waals surface area contributed by atoms with Gasteiger partial charge in [0.1, 0.15) is 0 Å². The molecule has 0 unspecified atom stereocenters. The van der Waals surface area contributed by atoms with E-state index >= 15 is 0 Å². The Labute approximate surface area is 93.1 Å². The van der Waals surface area contributed by atoms with E-state index in [1.807, 2.05) is 41.2 Å². The number of hydrogen-bond donors (Lipinski definition) is 0. The maximum absolute atomic E-state index is 5.83. The van der Waals surface area contributed by atoms with Crippen molar-refractivity contribution in [1.29, 1.82) is 0 Å². The van der Waals surface area contributed by atoms with E-state index in [0.29, 0.717) is 11.6 Å². The van der Waals surface area contributed by atoms with E-state index in [4.69, 9.17) is 11.6 Å². The summed E-state index contributed by atoms with van der Waals surface area (Å²) in [5.74, 6) is 0. The second kappa shape index (κ2) is 4.75. The average Bonchev–Trinajstić information content (AvgIpc) is 2.71. The van der Waals surface area contributed by atoms with Crippen LogP contribution in [0.2, 0.25) is 5.02 Å². The van der Waals surface area contributed by atoms with E-state index in [-0.39, 0.29) is 0 Å². The van der Waals surface area contributed by atoms with E-state index in [1.54, 1.807) is 12.5 Å². The lowest BCUT2D eigenvalue weighted by Crippen LogP contribution is -1.94. The maximum atomic E-state index is 5.83. The SMILES string of the molecule is Clc1cccc(N=CCn2ccnc2)c1. The Morgan fingerprint density at radius 2 is 2.40 bits per heavy atom. The molecular formula is C11H10ClN3. The first-order valence-corrected chi connectivity index (χ1v) is 4.96. The number of imidazole rings is 1. The van der Waals surface area contributed by atoms with Crippen molar-refractivity contribution in [1.82, 2.24) is 9.55 Å². The van der Waals surface area contributed by atoms with Crippen molar-refractivity contribution in [3.8, 4) is 0 Å². The van der Waals surface area contributed by atoms with E-state index in [1.165, 1.54) is 0 Å². The highest BCUT2D eigenvalue weighted by atomic mass is 35.5. The molecule has 4 heteroatoms. The summed E-state index contributed by atoms with van der Waals surface area (Å²) in [5.41, 5.74) is 0.864. The van der Waals surface area contributed by atoms with Crippen molar-refractivity contribution in [2.24, 2.45) is 4.99 Å². The highest BCUT2D eigenvalue weighted by Crippen LogP contribution is 2.16. The van der Waals surface area contributed by atoms with Gasteiger partial charge in [-0.2, -0.15) is 0 Å². The van der Waals surface area contributed by atoms with E-state index in [9.17, 15) is 0 Å². The molecule has 0 aliphatic carbocycles. The number of halogens is 1. The Morgan fingerprint density at radius 3 is 3.13 bits per heavy atom. The molecule has 0 spiro atoms. The number of benzene rings is 1. The van der Waals surface area contributed by atoms with Crippen molar-refractivity contribution in [2.45, 2.75) is 6.54 Å². The van der Waals surface area contributed by atoms with Crippen LogP contribution in [0.4, 0.5) is 5.69 Å². The van der Waals surface area contributed by atoms with Crippen LogP contribution >= 0.6 is 11.6 Å². The molecule has 0 fully saturated rings. The molecule has 1 aromatic carbocycles. The summed E-state index contributed by atoms with van der Waals surface area (Å²) >= 11 is 5.83. The van der Waals surface area contributed by atoms with Crippen LogP contribution in [0.25, 0.3) is 0 Å². The fourth-order valence-corrected chi connectivity index (χ4v) is 1.38. The van der Waals surface area contributed by atoms with Crippen molar-refractivity contribution in [2.75, 3.05) is 0 Å². The van der Waals surface area contributed by atoms with Crippen molar-refractivity contribution < 1.29 is 0 Å². The Bertz CT molecular complexity index is 449. The van der Waals surface area contributed by atoms with E-state index in [2.05, 4.69) is 9.98 Å². The fraction of sp³-hybridized carbons (Fsp3) is 0.0909. The summed E-state index contributed by atoms with van der Waals surface area (Å²) in [5, 5.41) is 0.701. The Morgan fingerprint density at radius 1 is 1.47 bits per heavy atom. The highest BCUT2D eigenvalue weighted by Gasteiger charge is 1.89. The normalized spacial score (nSPS) is 11.0. The van der Waals surface area contributed by atoms with Crippen LogP contribution < -0.4 is 0 Å². The molecule has 1 heterocycles. The Kier molecular flexibility index (Phi) is 3.15. The molecule has 0 aliphatic heterocycles. The van der Waals surface area contributed by atoms with Crippen LogP contribution in [0, 0.1) is 0 Å². The summed E-state index contributed by atoms with van der Waals surface area (Å²) in [6.45, 7) is 0.715. The predicted octanol–water partition coefficient (Wildman–Crippen LogP) is 2.94. The Balaban J connectivity index is 2.00. The molecule has 0 bridgehead atoms. The number of nitrogens with zero attached hydrogens (tertiary/aromatic N) is 3. The predicted molar refractivity (Wildman–Crippen MR) is 61.8 cm³/mol. The first kappa shape index (κ1) is 9.93. The monoisotopic (exact) mass is 219 g/mol. The van der Waals surface area contributed by atoms with Gasteiger partial charge in [-0.3, -0.25) is 4.99 Å². The maximum Gasteiger partial charge on any atom is 0.0949 e. The molecule has 0 atom stereocenters. The molecule has 0 N–H and O–H groups in total. The van der Waals surface area contributed by atoms with Crippen LogP contribution in [0.5, 0.6) is 0 Å². The number of hydrogen-bond acceptors (Lipinski definition) is 2. The summed E-state index contributed by atoms with van der Waals surface area (Å²) < 4.78 is 1.94. The highest BCUT2D eigenvalue weighted by molar-refractivity contribution is 6.30. The first-order valence-electron chi connectivity index (χ1n) is 4.58. The van der Waals surface area contributed by atoms with Crippen LogP contribution in [0.15, 0.2) is 48.0 Å². The lowest BCUT2D eigenvalue weighted by atomic mass is 10.3. The van der Waals surface area contributed by atoms with Gasteiger partial charge in [0, 0.05) is 23.6 Å². The zero-order valence-electron chi connectivity index (χ0n) is 8.05. The molecule has 1 aromatic heterocycles. The van der Waals surface area contributed by atoms with Gasteiger partial charge in [-0.1, -0.05) is 17.7 Å². The van der Waals surface area contributed by atoms with Crippen LogP contribution in [0.3, 0.4) is 0 Å². The number of aromatic nitrogens is 2. The molecule has 76 valence electrons. The van der Waals surface area contributed by atoms with Gasteiger partial charge < -0.3 is 4.57 Å². The molecule has 0 radical (unpaired) electrons. The molecule has 2 rings (SSSR count). The molecule has 2 aromatic rings. The minimum Gasteiger partial charge on any atom is -0.332 e. The largest absolute Gasteiger partial charge is 0.332 e. The lowest BCUT2D eigenvalue weighted by Gasteiger charge is -1.95. The van der Waals surface area contributed by atoms with Gasteiger partial charge in [0.25, 0.3) is 0 Å². The molecule has 15 heavy (non-hydrogen) atoms.